The first-order valence-corrected chi connectivity index (χ1v) is 4.84. The van der Waals surface area contributed by atoms with Crippen molar-refractivity contribution in [3.8, 4) is 0 Å². The number of nitrogens with one attached hydrogen (secondary N) is 1. The molecule has 6 nitrogen and oxygen atoms in total. The maximum Gasteiger partial charge on any atom is 0.188 e. The third kappa shape index (κ3) is 4.29. The number of tetrazole rings is 1. The number of hydrogen-bond acceptors (Lipinski definition) is 5. The molecule has 0 amide bonds. The smallest absolute Gasteiger partial charge is 0.188 e. The summed E-state index contributed by atoms with van der Waals surface area (Å²) >= 11 is 0. The molecule has 0 aliphatic heterocycles. The highest BCUT2D eigenvalue weighted by atomic mass is 16.5. The standard InChI is InChI=1S/C8H17N5O/c1-3-14-6-4-5-9-7-8-10-12-13(2)11-8/h9H,3-7H2,1-2H3. The summed E-state index contributed by atoms with van der Waals surface area (Å²) in [4.78, 5) is 1.46. The summed E-state index contributed by atoms with van der Waals surface area (Å²) in [5, 5.41) is 14.9. The van der Waals surface area contributed by atoms with Gasteiger partial charge in [0.05, 0.1) is 13.6 Å². The Morgan fingerprint density at radius 1 is 1.50 bits per heavy atom. The van der Waals surface area contributed by atoms with E-state index in [4.69, 9.17) is 4.74 Å². The molecular weight excluding hydrogens is 182 g/mol. The molecule has 0 fully saturated rings. The van der Waals surface area contributed by atoms with Crippen LogP contribution in [0.1, 0.15) is 19.2 Å². The fourth-order valence-electron chi connectivity index (χ4n) is 1.04. The molecule has 0 atom stereocenters. The van der Waals surface area contributed by atoms with E-state index in [1.54, 1.807) is 7.05 Å². The molecular formula is C8H17N5O. The van der Waals surface area contributed by atoms with Crippen molar-refractivity contribution in [1.29, 1.82) is 0 Å². The normalized spacial score (nSPS) is 10.7. The quantitative estimate of drug-likeness (QED) is 0.612. The summed E-state index contributed by atoms with van der Waals surface area (Å²) in [7, 11) is 1.76. The van der Waals surface area contributed by atoms with Gasteiger partial charge in [-0.05, 0) is 25.1 Å². The van der Waals surface area contributed by atoms with Crippen molar-refractivity contribution in [2.24, 2.45) is 7.05 Å². The highest BCUT2D eigenvalue weighted by Gasteiger charge is 1.98. The molecule has 80 valence electrons. The van der Waals surface area contributed by atoms with Crippen LogP contribution in [-0.2, 0) is 18.3 Å². The first-order valence-electron chi connectivity index (χ1n) is 4.84. The Bertz CT molecular complexity index is 250. The Morgan fingerprint density at radius 3 is 3.00 bits per heavy atom. The van der Waals surface area contributed by atoms with Gasteiger partial charge in [-0.2, -0.15) is 4.80 Å². The molecule has 0 aromatic carbocycles. The lowest BCUT2D eigenvalue weighted by Crippen LogP contribution is -2.17. The molecule has 1 rings (SSSR count). The van der Waals surface area contributed by atoms with Gasteiger partial charge in [0.2, 0.25) is 0 Å². The average Bonchev–Trinajstić information content (AvgIpc) is 2.58. The van der Waals surface area contributed by atoms with E-state index in [9.17, 15) is 0 Å². The molecule has 1 aromatic heterocycles. The predicted octanol–water partition coefficient (Wildman–Crippen LogP) is -0.274. The van der Waals surface area contributed by atoms with Crippen LogP contribution in [0.5, 0.6) is 0 Å². The van der Waals surface area contributed by atoms with Crippen LogP contribution in [0.25, 0.3) is 0 Å². The van der Waals surface area contributed by atoms with Gasteiger partial charge in [-0.3, -0.25) is 0 Å². The van der Waals surface area contributed by atoms with Crippen LogP contribution in [0.15, 0.2) is 0 Å². The molecule has 14 heavy (non-hydrogen) atoms. The number of hydrogen-bond donors (Lipinski definition) is 1. The first-order chi connectivity index (χ1) is 6.83. The molecule has 0 bridgehead atoms. The zero-order valence-corrected chi connectivity index (χ0v) is 8.73. The Kier molecular flexibility index (Phi) is 5.09. The molecule has 0 aliphatic carbocycles. The number of aryl methyl sites for hydroxylation is 1. The second-order valence-electron chi connectivity index (χ2n) is 2.92. The number of rotatable bonds is 7. The van der Waals surface area contributed by atoms with Crippen molar-refractivity contribution >= 4 is 0 Å². The van der Waals surface area contributed by atoms with Crippen LogP contribution in [0, 0.1) is 0 Å². The number of aromatic nitrogens is 4. The molecule has 0 radical (unpaired) electrons. The summed E-state index contributed by atoms with van der Waals surface area (Å²) < 4.78 is 5.20. The fraction of sp³-hybridized carbons (Fsp3) is 0.875. The van der Waals surface area contributed by atoms with E-state index in [1.165, 1.54) is 4.80 Å². The van der Waals surface area contributed by atoms with Gasteiger partial charge in [-0.25, -0.2) is 0 Å². The summed E-state index contributed by atoms with van der Waals surface area (Å²) in [5.41, 5.74) is 0. The lowest BCUT2D eigenvalue weighted by atomic mass is 10.4. The van der Waals surface area contributed by atoms with Crippen molar-refractivity contribution in [1.82, 2.24) is 25.5 Å². The molecule has 1 heterocycles. The molecule has 0 saturated carbocycles. The number of nitrogens with zero attached hydrogens (tertiary/aromatic N) is 4. The van der Waals surface area contributed by atoms with Crippen molar-refractivity contribution in [2.75, 3.05) is 19.8 Å². The van der Waals surface area contributed by atoms with E-state index in [0.29, 0.717) is 6.54 Å². The maximum atomic E-state index is 5.20. The monoisotopic (exact) mass is 199 g/mol. The van der Waals surface area contributed by atoms with Crippen LogP contribution in [0.3, 0.4) is 0 Å². The fourth-order valence-corrected chi connectivity index (χ4v) is 1.04. The van der Waals surface area contributed by atoms with Gasteiger partial charge in [-0.1, -0.05) is 0 Å². The molecule has 0 saturated heterocycles. The van der Waals surface area contributed by atoms with Gasteiger partial charge in [0, 0.05) is 13.2 Å². The van der Waals surface area contributed by atoms with Crippen LogP contribution in [0.4, 0.5) is 0 Å². The Labute approximate surface area is 83.6 Å². The third-order valence-corrected chi connectivity index (χ3v) is 1.68. The van der Waals surface area contributed by atoms with Crippen LogP contribution < -0.4 is 5.32 Å². The van der Waals surface area contributed by atoms with Crippen molar-refractivity contribution in [3.05, 3.63) is 5.82 Å². The molecule has 1 aromatic rings. The first kappa shape index (κ1) is 11.1. The van der Waals surface area contributed by atoms with Crippen LogP contribution >= 0.6 is 0 Å². The zero-order valence-electron chi connectivity index (χ0n) is 8.73. The SMILES string of the molecule is CCOCCCNCc1nnn(C)n1. The predicted molar refractivity (Wildman–Crippen MR) is 51.6 cm³/mol. The molecule has 0 aliphatic rings. The van der Waals surface area contributed by atoms with E-state index < -0.39 is 0 Å². The Hall–Kier alpha value is -1.01. The molecule has 6 heteroatoms. The third-order valence-electron chi connectivity index (χ3n) is 1.68. The summed E-state index contributed by atoms with van der Waals surface area (Å²) in [6.45, 7) is 5.16. The average molecular weight is 199 g/mol. The van der Waals surface area contributed by atoms with Crippen molar-refractivity contribution in [3.63, 3.8) is 0 Å². The lowest BCUT2D eigenvalue weighted by Gasteiger charge is -2.01. The Morgan fingerprint density at radius 2 is 2.36 bits per heavy atom. The minimum Gasteiger partial charge on any atom is -0.382 e. The van der Waals surface area contributed by atoms with Crippen LogP contribution in [-0.4, -0.2) is 40.0 Å². The van der Waals surface area contributed by atoms with E-state index in [1.807, 2.05) is 6.92 Å². The molecule has 0 spiro atoms. The summed E-state index contributed by atoms with van der Waals surface area (Å²) in [6.07, 6.45) is 1.01. The topological polar surface area (TPSA) is 64.9 Å². The van der Waals surface area contributed by atoms with Gasteiger partial charge < -0.3 is 10.1 Å². The highest BCUT2D eigenvalue weighted by molar-refractivity contribution is 4.74. The van der Waals surface area contributed by atoms with Crippen molar-refractivity contribution < 1.29 is 4.74 Å². The largest absolute Gasteiger partial charge is 0.382 e. The van der Waals surface area contributed by atoms with Gasteiger partial charge in [0.25, 0.3) is 0 Å². The van der Waals surface area contributed by atoms with Gasteiger partial charge in [0.15, 0.2) is 5.82 Å². The van der Waals surface area contributed by atoms with E-state index in [2.05, 4.69) is 20.7 Å². The van der Waals surface area contributed by atoms with E-state index >= 15 is 0 Å². The lowest BCUT2D eigenvalue weighted by molar-refractivity contribution is 0.144. The van der Waals surface area contributed by atoms with E-state index in [0.717, 1.165) is 32.0 Å². The van der Waals surface area contributed by atoms with Gasteiger partial charge in [0.1, 0.15) is 0 Å². The highest BCUT2D eigenvalue weighted by Crippen LogP contribution is 1.85. The Balaban J connectivity index is 1.99. The number of ether oxygens (including phenoxy) is 1. The van der Waals surface area contributed by atoms with Gasteiger partial charge >= 0.3 is 0 Å². The van der Waals surface area contributed by atoms with E-state index in [-0.39, 0.29) is 0 Å². The second-order valence-corrected chi connectivity index (χ2v) is 2.92. The maximum absolute atomic E-state index is 5.20. The van der Waals surface area contributed by atoms with Gasteiger partial charge in [-0.15, -0.1) is 10.2 Å². The minimum atomic E-state index is 0.667. The second kappa shape index (κ2) is 6.44. The molecule has 1 N–H and O–H groups in total. The van der Waals surface area contributed by atoms with Crippen molar-refractivity contribution in [2.45, 2.75) is 19.9 Å². The minimum absolute atomic E-state index is 0.667. The molecule has 0 unspecified atom stereocenters. The van der Waals surface area contributed by atoms with Crippen LogP contribution in [0.2, 0.25) is 0 Å². The summed E-state index contributed by atoms with van der Waals surface area (Å²) in [5.74, 6) is 0.726. The zero-order chi connectivity index (χ0) is 10.2. The summed E-state index contributed by atoms with van der Waals surface area (Å²) in [6, 6.07) is 0.